The Morgan fingerprint density at radius 2 is 0.857 bits per heavy atom. The highest BCUT2D eigenvalue weighted by atomic mass is 15.3. The predicted octanol–water partition coefficient (Wildman–Crippen LogP) is 8.98. The van der Waals surface area contributed by atoms with Crippen LogP contribution < -0.4 is 0 Å². The molecule has 1 aliphatic rings. The van der Waals surface area contributed by atoms with E-state index in [2.05, 4.69) is 45.9 Å². The minimum absolute atomic E-state index is 0.289. The average molecular weight is 392 g/mol. The lowest BCUT2D eigenvalue weighted by molar-refractivity contribution is -0.00906. The van der Waals surface area contributed by atoms with Crippen molar-refractivity contribution < 1.29 is 0 Å². The van der Waals surface area contributed by atoms with Gasteiger partial charge in [-0.05, 0) is 59.9 Å². The quantitative estimate of drug-likeness (QED) is 0.224. The van der Waals surface area contributed by atoms with Crippen LogP contribution in [0.2, 0.25) is 0 Å². The van der Waals surface area contributed by atoms with E-state index in [0.717, 1.165) is 12.8 Å². The Labute approximate surface area is 179 Å². The standard InChI is InChI=1S/C27H53N/c1-6-7-8-9-10-11-12-13-14-15-16-17-18-19-20-21-25-28-26(2,3)23-22-24-27(28,4)5/h6-21,23-25H2,1-5H3. The number of hydrogen-bond donors (Lipinski definition) is 0. The van der Waals surface area contributed by atoms with Crippen LogP contribution in [0.5, 0.6) is 0 Å². The van der Waals surface area contributed by atoms with Crippen molar-refractivity contribution >= 4 is 0 Å². The molecule has 0 aromatic heterocycles. The molecule has 0 unspecified atom stereocenters. The van der Waals surface area contributed by atoms with Gasteiger partial charge in [-0.15, -0.1) is 0 Å². The Morgan fingerprint density at radius 3 is 1.21 bits per heavy atom. The maximum absolute atomic E-state index is 3.61. The summed E-state index contributed by atoms with van der Waals surface area (Å²) in [6.07, 6.45) is 29.0. The van der Waals surface area contributed by atoms with E-state index in [1.165, 1.54) is 109 Å². The Balaban J connectivity index is 1.88. The van der Waals surface area contributed by atoms with Gasteiger partial charge in [-0.25, -0.2) is 0 Å². The molecule has 0 aromatic rings. The lowest BCUT2D eigenvalue weighted by atomic mass is 9.79. The third-order valence-corrected chi connectivity index (χ3v) is 6.81. The van der Waals surface area contributed by atoms with E-state index < -0.39 is 0 Å². The summed E-state index contributed by atoms with van der Waals surface area (Å²) >= 11 is 0. The molecule has 0 spiro atoms. The van der Waals surface area contributed by atoms with Crippen molar-refractivity contribution in [3.05, 3.63) is 6.42 Å². The Hall–Kier alpha value is -0.0400. The molecule has 1 heterocycles. The summed E-state index contributed by atoms with van der Waals surface area (Å²) in [5.74, 6) is 0. The molecule has 166 valence electrons. The van der Waals surface area contributed by atoms with Gasteiger partial charge in [0.15, 0.2) is 0 Å². The zero-order valence-corrected chi connectivity index (χ0v) is 20.4. The molecule has 2 radical (unpaired) electrons. The number of unbranched alkanes of at least 4 members (excludes halogenated alkanes) is 15. The van der Waals surface area contributed by atoms with Crippen LogP contribution >= 0.6 is 0 Å². The highest BCUT2D eigenvalue weighted by molar-refractivity contribution is 5.02. The smallest absolute Gasteiger partial charge is 0.0164 e. The summed E-state index contributed by atoms with van der Waals surface area (Å²) in [6, 6.07) is 0. The van der Waals surface area contributed by atoms with Gasteiger partial charge in [0, 0.05) is 11.1 Å². The summed E-state index contributed by atoms with van der Waals surface area (Å²) in [5.41, 5.74) is 0.578. The van der Waals surface area contributed by atoms with Gasteiger partial charge in [0.25, 0.3) is 0 Å². The van der Waals surface area contributed by atoms with E-state index in [-0.39, 0.29) is 11.1 Å². The summed E-state index contributed by atoms with van der Waals surface area (Å²) in [4.78, 5) is 2.75. The van der Waals surface area contributed by atoms with E-state index in [1.54, 1.807) is 0 Å². The molecule has 28 heavy (non-hydrogen) atoms. The van der Waals surface area contributed by atoms with Crippen LogP contribution in [0, 0.1) is 6.42 Å². The molecule has 1 saturated heterocycles. The number of hydrogen-bond acceptors (Lipinski definition) is 1. The van der Waals surface area contributed by atoms with Crippen molar-refractivity contribution in [3.63, 3.8) is 0 Å². The van der Waals surface area contributed by atoms with Crippen LogP contribution in [-0.2, 0) is 0 Å². The van der Waals surface area contributed by atoms with Gasteiger partial charge in [0.05, 0.1) is 0 Å². The molecule has 1 aliphatic heterocycles. The first-order chi connectivity index (χ1) is 13.4. The molecule has 0 amide bonds. The molecule has 0 N–H and O–H groups in total. The Bertz CT molecular complexity index is 341. The van der Waals surface area contributed by atoms with Crippen LogP contribution in [0.3, 0.4) is 0 Å². The number of likely N-dealkylation sites (tertiary alicyclic amines) is 1. The van der Waals surface area contributed by atoms with Crippen molar-refractivity contribution in [2.45, 2.75) is 161 Å². The topological polar surface area (TPSA) is 3.24 Å². The van der Waals surface area contributed by atoms with Gasteiger partial charge in [0.1, 0.15) is 0 Å². The van der Waals surface area contributed by atoms with E-state index in [4.69, 9.17) is 0 Å². The summed E-state index contributed by atoms with van der Waals surface area (Å²) in [5, 5.41) is 0. The Kier molecular flexibility index (Phi) is 13.8. The third-order valence-electron chi connectivity index (χ3n) is 6.81. The maximum atomic E-state index is 3.61. The molecule has 0 atom stereocenters. The number of rotatable bonds is 17. The SMILES string of the molecule is CCCCCCCCCCCCCCCCCCN1C(C)(C)C[C]CC1(C)C. The molecule has 1 rings (SSSR count). The lowest BCUT2D eigenvalue weighted by Gasteiger charge is -2.53. The monoisotopic (exact) mass is 391 g/mol. The first-order valence-electron chi connectivity index (χ1n) is 12.9. The molecule has 1 nitrogen and oxygen atoms in total. The van der Waals surface area contributed by atoms with E-state index in [0.29, 0.717) is 0 Å². The number of nitrogens with zero attached hydrogens (tertiary/aromatic N) is 1. The van der Waals surface area contributed by atoms with Crippen molar-refractivity contribution in [2.75, 3.05) is 6.54 Å². The zero-order valence-electron chi connectivity index (χ0n) is 20.4. The summed E-state index contributed by atoms with van der Waals surface area (Å²) < 4.78 is 0. The van der Waals surface area contributed by atoms with Crippen LogP contribution in [-0.4, -0.2) is 22.5 Å². The van der Waals surface area contributed by atoms with E-state index >= 15 is 0 Å². The summed E-state index contributed by atoms with van der Waals surface area (Å²) in [6.45, 7) is 13.1. The summed E-state index contributed by atoms with van der Waals surface area (Å²) in [7, 11) is 0. The fourth-order valence-electron chi connectivity index (χ4n) is 5.11. The zero-order chi connectivity index (χ0) is 20.7. The second kappa shape index (κ2) is 14.9. The van der Waals surface area contributed by atoms with Crippen LogP contribution in [0.25, 0.3) is 0 Å². The van der Waals surface area contributed by atoms with Gasteiger partial charge < -0.3 is 0 Å². The molecule has 1 heteroatoms. The molecule has 0 aromatic carbocycles. The van der Waals surface area contributed by atoms with E-state index in [1.807, 2.05) is 0 Å². The van der Waals surface area contributed by atoms with Gasteiger partial charge in [-0.3, -0.25) is 4.90 Å². The molecule has 0 bridgehead atoms. The van der Waals surface area contributed by atoms with Crippen molar-refractivity contribution in [2.24, 2.45) is 0 Å². The predicted molar refractivity (Wildman–Crippen MR) is 127 cm³/mol. The Morgan fingerprint density at radius 1 is 0.536 bits per heavy atom. The highest BCUT2D eigenvalue weighted by Crippen LogP contribution is 2.37. The normalized spacial score (nSPS) is 19.2. The van der Waals surface area contributed by atoms with E-state index in [9.17, 15) is 0 Å². The fourth-order valence-corrected chi connectivity index (χ4v) is 5.11. The minimum Gasteiger partial charge on any atom is -0.293 e. The third kappa shape index (κ3) is 11.2. The highest BCUT2D eigenvalue weighted by Gasteiger charge is 2.40. The van der Waals surface area contributed by atoms with Crippen molar-refractivity contribution in [3.8, 4) is 0 Å². The number of piperidine rings is 1. The molecule has 0 aliphatic carbocycles. The van der Waals surface area contributed by atoms with Gasteiger partial charge >= 0.3 is 0 Å². The maximum Gasteiger partial charge on any atom is 0.0164 e. The first-order valence-corrected chi connectivity index (χ1v) is 12.9. The largest absolute Gasteiger partial charge is 0.293 e. The lowest BCUT2D eigenvalue weighted by Crippen LogP contribution is -2.58. The molecular formula is C27H53N. The average Bonchev–Trinajstić information content (AvgIpc) is 2.62. The first kappa shape index (κ1) is 26.0. The van der Waals surface area contributed by atoms with Crippen molar-refractivity contribution in [1.82, 2.24) is 4.90 Å². The van der Waals surface area contributed by atoms with Crippen molar-refractivity contribution in [1.29, 1.82) is 0 Å². The second-order valence-electron chi connectivity index (χ2n) is 10.7. The van der Waals surface area contributed by atoms with Gasteiger partial charge in [-0.1, -0.05) is 103 Å². The van der Waals surface area contributed by atoms with Gasteiger partial charge in [0.2, 0.25) is 0 Å². The molecule has 0 saturated carbocycles. The van der Waals surface area contributed by atoms with Crippen LogP contribution in [0.4, 0.5) is 0 Å². The fraction of sp³-hybridized carbons (Fsp3) is 0.963. The van der Waals surface area contributed by atoms with Crippen LogP contribution in [0.1, 0.15) is 150 Å². The van der Waals surface area contributed by atoms with Crippen LogP contribution in [0.15, 0.2) is 0 Å². The van der Waals surface area contributed by atoms with Gasteiger partial charge in [-0.2, -0.15) is 0 Å². The molecule has 1 fully saturated rings. The second-order valence-corrected chi connectivity index (χ2v) is 10.7. The molecular weight excluding hydrogens is 338 g/mol. The minimum atomic E-state index is 0.289.